The molecule has 176 valence electrons. The van der Waals surface area contributed by atoms with Gasteiger partial charge in [-0.3, -0.25) is 9.69 Å². The average Bonchev–Trinajstić information content (AvgIpc) is 2.80. The first kappa shape index (κ1) is 23.3. The number of hydrogen-bond donors (Lipinski definition) is 4. The Morgan fingerprint density at radius 2 is 1.91 bits per heavy atom. The molecule has 2 aromatic rings. The van der Waals surface area contributed by atoms with E-state index in [1.54, 1.807) is 35.2 Å². The van der Waals surface area contributed by atoms with Crippen LogP contribution in [0.2, 0.25) is 0 Å². The second-order valence-corrected chi connectivity index (χ2v) is 9.54. The van der Waals surface area contributed by atoms with Crippen molar-refractivity contribution in [3.8, 4) is 0 Å². The maximum Gasteiger partial charge on any atom is 0.329 e. The number of carbonyl (C=O) groups is 2. The minimum Gasteiger partial charge on any atom is -0.359 e. The Kier molecular flexibility index (Phi) is 6.72. The molecule has 0 aliphatic carbocycles. The van der Waals surface area contributed by atoms with Crippen molar-refractivity contribution in [3.63, 3.8) is 0 Å². The van der Waals surface area contributed by atoms with Crippen molar-refractivity contribution in [2.45, 2.75) is 45.8 Å². The smallest absolute Gasteiger partial charge is 0.329 e. The number of nitrogens with zero attached hydrogens (tertiary/aromatic N) is 1. The number of amides is 3. The molecule has 1 unspecified atom stereocenters. The van der Waals surface area contributed by atoms with Gasteiger partial charge in [-0.2, -0.15) is 0 Å². The van der Waals surface area contributed by atoms with Crippen molar-refractivity contribution >= 4 is 23.3 Å². The molecule has 0 spiro atoms. The van der Waals surface area contributed by atoms with Gasteiger partial charge in [-0.05, 0) is 61.9 Å². The summed E-state index contributed by atoms with van der Waals surface area (Å²) in [5.41, 5.74) is 1.16. The summed E-state index contributed by atoms with van der Waals surface area (Å²) < 4.78 is 0. The third kappa shape index (κ3) is 4.61. The standard InChI is InChI=1S/C26H34N4O3/c1-18-11-15-29(16-12-18)14-6-13-27-24(31)26(33)22-7-4-5-8-23(22)28-25(32)30(26)21-10-9-19(2)20(3)17-21/h4-5,7-10,17-18,33H,6,11-16H2,1-3H3,(H,27,31)(H,28,32)/p+1. The highest BCUT2D eigenvalue weighted by Crippen LogP contribution is 2.40. The summed E-state index contributed by atoms with van der Waals surface area (Å²) in [6.07, 6.45) is 3.32. The number of nitrogens with one attached hydrogen (secondary N) is 3. The van der Waals surface area contributed by atoms with Crippen LogP contribution >= 0.6 is 0 Å². The summed E-state index contributed by atoms with van der Waals surface area (Å²) in [6, 6.07) is 11.8. The lowest BCUT2D eigenvalue weighted by Crippen LogP contribution is -3.13. The topological polar surface area (TPSA) is 86.1 Å². The molecule has 1 fully saturated rings. The Hall–Kier alpha value is -2.90. The molecule has 2 aliphatic heterocycles. The molecule has 4 N–H and O–H groups in total. The van der Waals surface area contributed by atoms with Gasteiger partial charge in [-0.25, -0.2) is 4.79 Å². The minimum absolute atomic E-state index is 0.357. The van der Waals surface area contributed by atoms with Crippen LogP contribution < -0.4 is 20.4 Å². The van der Waals surface area contributed by atoms with E-state index < -0.39 is 17.7 Å². The van der Waals surface area contributed by atoms with Crippen molar-refractivity contribution in [2.24, 2.45) is 5.92 Å². The Bertz CT molecular complexity index is 1030. The number of aliphatic hydroxyl groups is 1. The van der Waals surface area contributed by atoms with Crippen LogP contribution in [0.5, 0.6) is 0 Å². The van der Waals surface area contributed by atoms with E-state index in [0.29, 0.717) is 23.5 Å². The van der Waals surface area contributed by atoms with Crippen LogP contribution in [-0.4, -0.2) is 43.2 Å². The van der Waals surface area contributed by atoms with E-state index >= 15 is 0 Å². The molecule has 4 rings (SSSR count). The van der Waals surface area contributed by atoms with E-state index in [1.807, 2.05) is 26.0 Å². The third-order valence-corrected chi connectivity index (χ3v) is 7.11. The summed E-state index contributed by atoms with van der Waals surface area (Å²) in [7, 11) is 0. The summed E-state index contributed by atoms with van der Waals surface area (Å²) >= 11 is 0. The lowest BCUT2D eigenvalue weighted by Gasteiger charge is -2.42. The van der Waals surface area contributed by atoms with Crippen molar-refractivity contribution in [2.75, 3.05) is 36.4 Å². The number of rotatable bonds is 6. The minimum atomic E-state index is -2.14. The van der Waals surface area contributed by atoms with Crippen LogP contribution in [0, 0.1) is 19.8 Å². The van der Waals surface area contributed by atoms with Crippen molar-refractivity contribution in [1.29, 1.82) is 0 Å². The van der Waals surface area contributed by atoms with Gasteiger partial charge >= 0.3 is 6.03 Å². The highest BCUT2D eigenvalue weighted by atomic mass is 16.3. The first-order chi connectivity index (χ1) is 15.8. The first-order valence-electron chi connectivity index (χ1n) is 11.9. The second-order valence-electron chi connectivity index (χ2n) is 9.54. The number of urea groups is 1. The molecule has 2 aromatic carbocycles. The third-order valence-electron chi connectivity index (χ3n) is 7.11. The van der Waals surface area contributed by atoms with Crippen LogP contribution in [0.25, 0.3) is 0 Å². The monoisotopic (exact) mass is 451 g/mol. The van der Waals surface area contributed by atoms with Crippen LogP contribution in [-0.2, 0) is 10.5 Å². The molecular formula is C26H35N4O3+. The van der Waals surface area contributed by atoms with Crippen molar-refractivity contribution in [3.05, 3.63) is 59.2 Å². The first-order valence-corrected chi connectivity index (χ1v) is 11.9. The number of hydrogen-bond acceptors (Lipinski definition) is 3. The number of aryl methyl sites for hydroxylation is 2. The molecule has 3 amide bonds. The molecule has 1 saturated heterocycles. The molecular weight excluding hydrogens is 416 g/mol. The summed E-state index contributed by atoms with van der Waals surface area (Å²) in [5, 5.41) is 17.6. The van der Waals surface area contributed by atoms with Crippen LogP contribution in [0.15, 0.2) is 42.5 Å². The molecule has 2 heterocycles. The van der Waals surface area contributed by atoms with Crippen LogP contribution in [0.4, 0.5) is 16.2 Å². The fraction of sp³-hybridized carbons (Fsp3) is 0.462. The van der Waals surface area contributed by atoms with E-state index in [4.69, 9.17) is 0 Å². The van der Waals surface area contributed by atoms with Crippen molar-refractivity contribution in [1.82, 2.24) is 5.32 Å². The normalized spacial score (nSPS) is 24.7. The SMILES string of the molecule is Cc1ccc(N2C(=O)Nc3ccccc3C2(O)C(=O)NCCC[NH+]2CCC(C)CC2)cc1C. The molecule has 0 aromatic heterocycles. The fourth-order valence-electron chi connectivity index (χ4n) is 4.81. The molecule has 2 aliphatic rings. The zero-order chi connectivity index (χ0) is 23.6. The molecule has 7 nitrogen and oxygen atoms in total. The quantitative estimate of drug-likeness (QED) is 0.509. The Morgan fingerprint density at radius 1 is 1.18 bits per heavy atom. The molecule has 0 radical (unpaired) electrons. The van der Waals surface area contributed by atoms with Gasteiger partial charge in [0.25, 0.3) is 11.6 Å². The van der Waals surface area contributed by atoms with Gasteiger partial charge in [-0.15, -0.1) is 0 Å². The lowest BCUT2D eigenvalue weighted by molar-refractivity contribution is -0.906. The predicted octanol–water partition coefficient (Wildman–Crippen LogP) is 2.32. The number of benzene rings is 2. The van der Waals surface area contributed by atoms with Gasteiger partial charge in [0.05, 0.1) is 25.3 Å². The van der Waals surface area contributed by atoms with E-state index in [9.17, 15) is 14.7 Å². The Morgan fingerprint density at radius 3 is 2.64 bits per heavy atom. The van der Waals surface area contributed by atoms with Gasteiger partial charge < -0.3 is 20.6 Å². The number of quaternary nitrogens is 1. The Balaban J connectivity index is 1.55. The maximum absolute atomic E-state index is 13.5. The number of para-hydroxylation sites is 1. The van der Waals surface area contributed by atoms with E-state index in [1.165, 1.54) is 25.9 Å². The van der Waals surface area contributed by atoms with Gasteiger partial charge in [0.15, 0.2) is 0 Å². The molecule has 0 bridgehead atoms. The largest absolute Gasteiger partial charge is 0.359 e. The molecule has 0 saturated carbocycles. The van der Waals surface area contributed by atoms with Crippen LogP contribution in [0.1, 0.15) is 42.9 Å². The Labute approximate surface area is 195 Å². The fourth-order valence-corrected chi connectivity index (χ4v) is 4.81. The lowest BCUT2D eigenvalue weighted by atomic mass is 9.94. The zero-order valence-electron chi connectivity index (χ0n) is 19.8. The molecule has 1 atom stereocenters. The van der Waals surface area contributed by atoms with Gasteiger partial charge in [0.2, 0.25) is 0 Å². The number of carbonyl (C=O) groups excluding carboxylic acids is 2. The zero-order valence-corrected chi connectivity index (χ0v) is 19.8. The number of likely N-dealkylation sites (tertiary alicyclic amines) is 1. The summed E-state index contributed by atoms with van der Waals surface area (Å²) in [6.45, 7) is 10.0. The molecule has 33 heavy (non-hydrogen) atoms. The highest BCUT2D eigenvalue weighted by Gasteiger charge is 2.51. The predicted molar refractivity (Wildman–Crippen MR) is 129 cm³/mol. The van der Waals surface area contributed by atoms with Crippen LogP contribution in [0.3, 0.4) is 0 Å². The van der Waals surface area contributed by atoms with E-state index in [2.05, 4.69) is 17.6 Å². The van der Waals surface area contributed by atoms with Crippen molar-refractivity contribution < 1.29 is 19.6 Å². The average molecular weight is 452 g/mol. The summed E-state index contributed by atoms with van der Waals surface area (Å²) in [4.78, 5) is 29.3. The number of anilines is 2. The van der Waals surface area contributed by atoms with E-state index in [-0.39, 0.29) is 0 Å². The van der Waals surface area contributed by atoms with Gasteiger partial charge in [0.1, 0.15) is 0 Å². The second kappa shape index (κ2) is 9.53. The number of piperidine rings is 1. The highest BCUT2D eigenvalue weighted by molar-refractivity contribution is 6.11. The maximum atomic E-state index is 13.5. The van der Waals surface area contributed by atoms with Gasteiger partial charge in [-0.1, -0.05) is 31.2 Å². The number of fused-ring (bicyclic) bond motifs is 1. The summed E-state index contributed by atoms with van der Waals surface area (Å²) in [5.74, 6) is 0.210. The van der Waals surface area contributed by atoms with Gasteiger partial charge in [0, 0.05) is 24.2 Å². The van der Waals surface area contributed by atoms with E-state index in [0.717, 1.165) is 34.9 Å². The molecule has 7 heteroatoms.